The summed E-state index contributed by atoms with van der Waals surface area (Å²) in [6.07, 6.45) is 5.07. The van der Waals surface area contributed by atoms with Crippen molar-refractivity contribution in [1.29, 1.82) is 0 Å². The fourth-order valence-corrected chi connectivity index (χ4v) is 5.90. The summed E-state index contributed by atoms with van der Waals surface area (Å²) in [4.78, 5) is 13.1. The van der Waals surface area contributed by atoms with Crippen LogP contribution in [-0.2, 0) is 10.0 Å². The van der Waals surface area contributed by atoms with Gasteiger partial charge in [-0.05, 0) is 73.4 Å². The van der Waals surface area contributed by atoms with Gasteiger partial charge in [-0.1, -0.05) is 49.0 Å². The van der Waals surface area contributed by atoms with Crippen molar-refractivity contribution in [2.75, 3.05) is 19.0 Å². The molecule has 2 aromatic carbocycles. The molecule has 1 fully saturated rings. The van der Waals surface area contributed by atoms with Crippen LogP contribution >= 0.6 is 28.1 Å². The second kappa shape index (κ2) is 12.3. The lowest BCUT2D eigenvalue weighted by Crippen LogP contribution is -2.38. The summed E-state index contributed by atoms with van der Waals surface area (Å²) < 4.78 is 34.1. The maximum atomic E-state index is 13.0. The van der Waals surface area contributed by atoms with Crippen LogP contribution in [0.5, 0.6) is 5.75 Å². The zero-order valence-electron chi connectivity index (χ0n) is 20.2. The van der Waals surface area contributed by atoms with Crippen LogP contribution in [0.25, 0.3) is 0 Å². The van der Waals surface area contributed by atoms with E-state index in [1.165, 1.54) is 4.31 Å². The highest BCUT2D eigenvalue weighted by atomic mass is 79.9. The SMILES string of the molecule is CC(C)COc1ccc(Br)cc1C(=O)NC(=S)Nc1ccc(S(=O)(=O)N(C)C2CCCCC2)cc1. The van der Waals surface area contributed by atoms with E-state index < -0.39 is 15.9 Å². The molecule has 0 aromatic heterocycles. The van der Waals surface area contributed by atoms with E-state index in [1.54, 1.807) is 43.4 Å². The first kappa shape index (κ1) is 27.6. The van der Waals surface area contributed by atoms with Crippen LogP contribution in [0.1, 0.15) is 56.3 Å². The number of ether oxygens (including phenoxy) is 1. The molecule has 10 heteroatoms. The molecule has 0 aliphatic heterocycles. The normalized spacial score (nSPS) is 14.7. The van der Waals surface area contributed by atoms with E-state index in [9.17, 15) is 13.2 Å². The van der Waals surface area contributed by atoms with E-state index in [4.69, 9.17) is 17.0 Å². The third-order valence-electron chi connectivity index (χ3n) is 5.86. The molecule has 0 saturated heterocycles. The standard InChI is InChI=1S/C25H32BrN3O4S2/c1-17(2)16-33-23-14-9-18(26)15-22(23)24(30)28-25(34)27-19-10-12-21(13-11-19)35(31,32)29(3)20-7-5-4-6-8-20/h9-15,17,20H,4-8,16H2,1-3H3,(H2,27,28,30,34). The van der Waals surface area contributed by atoms with Crippen LogP contribution in [0.3, 0.4) is 0 Å². The highest BCUT2D eigenvalue weighted by Gasteiger charge is 2.29. The number of hydrogen-bond donors (Lipinski definition) is 2. The number of carbonyl (C=O) groups is 1. The molecule has 3 rings (SSSR count). The second-order valence-corrected chi connectivity index (χ2v) is 12.4. The van der Waals surface area contributed by atoms with Crippen LogP contribution < -0.4 is 15.4 Å². The van der Waals surface area contributed by atoms with Gasteiger partial charge in [0, 0.05) is 23.2 Å². The molecular weight excluding hydrogens is 550 g/mol. The maximum absolute atomic E-state index is 13.0. The monoisotopic (exact) mass is 581 g/mol. The molecule has 35 heavy (non-hydrogen) atoms. The number of sulfonamides is 1. The zero-order valence-corrected chi connectivity index (χ0v) is 23.4. The van der Waals surface area contributed by atoms with E-state index in [2.05, 4.69) is 26.6 Å². The van der Waals surface area contributed by atoms with Crippen LogP contribution in [-0.4, -0.2) is 43.4 Å². The molecule has 1 amide bonds. The summed E-state index contributed by atoms with van der Waals surface area (Å²) in [5.74, 6) is 0.376. The molecule has 1 aliphatic rings. The number of halogens is 1. The van der Waals surface area contributed by atoms with Crippen molar-refractivity contribution in [3.63, 3.8) is 0 Å². The number of nitrogens with one attached hydrogen (secondary N) is 2. The Morgan fingerprint density at radius 3 is 2.43 bits per heavy atom. The van der Waals surface area contributed by atoms with Gasteiger partial charge in [0.1, 0.15) is 5.75 Å². The molecule has 0 unspecified atom stereocenters. The number of thiocarbonyl (C=S) groups is 1. The molecule has 0 spiro atoms. The predicted molar refractivity (Wildman–Crippen MR) is 146 cm³/mol. The van der Waals surface area contributed by atoms with Gasteiger partial charge in [0.05, 0.1) is 17.1 Å². The van der Waals surface area contributed by atoms with Gasteiger partial charge in [-0.25, -0.2) is 8.42 Å². The van der Waals surface area contributed by atoms with Gasteiger partial charge in [-0.15, -0.1) is 0 Å². The zero-order chi connectivity index (χ0) is 25.6. The summed E-state index contributed by atoms with van der Waals surface area (Å²) in [5, 5.41) is 5.69. The summed E-state index contributed by atoms with van der Waals surface area (Å²) >= 11 is 8.69. The Morgan fingerprint density at radius 1 is 1.14 bits per heavy atom. The number of carbonyl (C=O) groups excluding carboxylic acids is 1. The molecule has 2 aromatic rings. The Hall–Kier alpha value is -2.01. The average Bonchev–Trinajstić information content (AvgIpc) is 2.83. The Morgan fingerprint density at radius 2 is 1.80 bits per heavy atom. The summed E-state index contributed by atoms with van der Waals surface area (Å²) in [5.41, 5.74) is 0.927. The quantitative estimate of drug-likeness (QED) is 0.396. The first-order chi connectivity index (χ1) is 16.6. The summed E-state index contributed by atoms with van der Waals surface area (Å²) in [6, 6.07) is 11.6. The van der Waals surface area contributed by atoms with Crippen molar-refractivity contribution in [3.05, 3.63) is 52.5 Å². The third-order valence-corrected chi connectivity index (χ3v) is 8.49. The Balaban J connectivity index is 1.64. The molecule has 2 N–H and O–H groups in total. The van der Waals surface area contributed by atoms with Gasteiger partial charge in [-0.3, -0.25) is 10.1 Å². The molecular formula is C25H32BrN3O4S2. The van der Waals surface area contributed by atoms with Crippen molar-refractivity contribution < 1.29 is 17.9 Å². The van der Waals surface area contributed by atoms with Crippen LogP contribution in [0, 0.1) is 5.92 Å². The van der Waals surface area contributed by atoms with Crippen LogP contribution in [0.4, 0.5) is 5.69 Å². The lowest BCUT2D eigenvalue weighted by molar-refractivity contribution is 0.0973. The second-order valence-electron chi connectivity index (χ2n) is 9.09. The molecule has 1 aliphatic carbocycles. The Bertz CT molecular complexity index is 1150. The summed E-state index contributed by atoms with van der Waals surface area (Å²) in [6.45, 7) is 4.54. The molecule has 1 saturated carbocycles. The topological polar surface area (TPSA) is 87.7 Å². The number of nitrogens with zero attached hydrogens (tertiary/aromatic N) is 1. The molecule has 0 radical (unpaired) electrons. The van der Waals surface area contributed by atoms with E-state index in [0.29, 0.717) is 29.5 Å². The third kappa shape index (κ3) is 7.49. The highest BCUT2D eigenvalue weighted by molar-refractivity contribution is 9.10. The van der Waals surface area contributed by atoms with Crippen LogP contribution in [0.2, 0.25) is 0 Å². The van der Waals surface area contributed by atoms with Gasteiger partial charge in [0.15, 0.2) is 5.11 Å². The number of anilines is 1. The first-order valence-electron chi connectivity index (χ1n) is 11.7. The molecule has 7 nitrogen and oxygen atoms in total. The fourth-order valence-electron chi connectivity index (χ4n) is 3.91. The maximum Gasteiger partial charge on any atom is 0.261 e. The lowest BCUT2D eigenvalue weighted by atomic mass is 9.96. The first-order valence-corrected chi connectivity index (χ1v) is 14.3. The Kier molecular flexibility index (Phi) is 9.69. The van der Waals surface area contributed by atoms with Gasteiger partial charge in [0.25, 0.3) is 5.91 Å². The minimum Gasteiger partial charge on any atom is -0.492 e. The van der Waals surface area contributed by atoms with Crippen molar-refractivity contribution in [2.45, 2.75) is 56.9 Å². The van der Waals surface area contributed by atoms with Crippen LogP contribution in [0.15, 0.2) is 51.8 Å². The average molecular weight is 583 g/mol. The largest absolute Gasteiger partial charge is 0.492 e. The molecule has 0 heterocycles. The van der Waals surface area contributed by atoms with E-state index in [1.807, 2.05) is 19.9 Å². The number of rotatable bonds is 8. The van der Waals surface area contributed by atoms with Crippen molar-refractivity contribution >= 4 is 54.9 Å². The lowest BCUT2D eigenvalue weighted by Gasteiger charge is -2.30. The number of hydrogen-bond acceptors (Lipinski definition) is 5. The van der Waals surface area contributed by atoms with E-state index in [0.717, 1.165) is 36.6 Å². The van der Waals surface area contributed by atoms with Gasteiger partial charge >= 0.3 is 0 Å². The number of amides is 1. The van der Waals surface area contributed by atoms with Gasteiger partial charge in [0.2, 0.25) is 10.0 Å². The summed E-state index contributed by atoms with van der Waals surface area (Å²) in [7, 11) is -1.92. The smallest absolute Gasteiger partial charge is 0.261 e. The minimum atomic E-state index is -3.57. The minimum absolute atomic E-state index is 0.0433. The van der Waals surface area contributed by atoms with E-state index in [-0.39, 0.29) is 16.0 Å². The van der Waals surface area contributed by atoms with Gasteiger partial charge in [-0.2, -0.15) is 4.31 Å². The molecule has 190 valence electrons. The predicted octanol–water partition coefficient (Wildman–Crippen LogP) is 5.56. The molecule has 0 atom stereocenters. The van der Waals surface area contributed by atoms with Gasteiger partial charge < -0.3 is 10.1 Å². The van der Waals surface area contributed by atoms with Crippen molar-refractivity contribution in [2.24, 2.45) is 5.92 Å². The van der Waals surface area contributed by atoms with Crippen molar-refractivity contribution in [1.82, 2.24) is 9.62 Å². The van der Waals surface area contributed by atoms with E-state index >= 15 is 0 Å². The Labute approximate surface area is 221 Å². The van der Waals surface area contributed by atoms with Crippen molar-refractivity contribution in [3.8, 4) is 5.75 Å². The highest BCUT2D eigenvalue weighted by Crippen LogP contribution is 2.27. The molecule has 0 bridgehead atoms. The fraction of sp³-hybridized carbons (Fsp3) is 0.440. The number of benzene rings is 2.